The molecule has 1 saturated heterocycles. The minimum absolute atomic E-state index is 0.0757. The Kier molecular flexibility index (Phi) is 8.22. The number of benzene rings is 3. The number of ether oxygens (including phenoxy) is 1. The first-order valence-electron chi connectivity index (χ1n) is 12.1. The molecule has 0 bridgehead atoms. The summed E-state index contributed by atoms with van der Waals surface area (Å²) in [6.45, 7) is 6.45. The van der Waals surface area contributed by atoms with E-state index in [-0.39, 0.29) is 22.9 Å². The van der Waals surface area contributed by atoms with Gasteiger partial charge in [0.15, 0.2) is 0 Å². The lowest BCUT2D eigenvalue weighted by atomic mass is 10.1. The maximum absolute atomic E-state index is 13.6. The molecule has 3 aromatic rings. The monoisotopic (exact) mass is 557 g/mol. The zero-order chi connectivity index (χ0) is 27.5. The second-order valence-corrected chi connectivity index (χ2v) is 13.0. The molecule has 0 radical (unpaired) electrons. The highest BCUT2D eigenvalue weighted by Gasteiger charge is 2.28. The molecule has 3 aromatic carbocycles. The second kappa shape index (κ2) is 11.2. The van der Waals surface area contributed by atoms with E-state index in [1.807, 2.05) is 26.8 Å². The molecule has 38 heavy (non-hydrogen) atoms. The molecule has 0 spiro atoms. The Morgan fingerprint density at radius 2 is 1.45 bits per heavy atom. The van der Waals surface area contributed by atoms with Crippen molar-refractivity contribution in [2.24, 2.45) is 0 Å². The van der Waals surface area contributed by atoms with E-state index in [0.29, 0.717) is 24.6 Å². The van der Waals surface area contributed by atoms with E-state index in [4.69, 9.17) is 4.74 Å². The summed E-state index contributed by atoms with van der Waals surface area (Å²) < 4.78 is 60.6. The molecule has 202 valence electrons. The smallest absolute Gasteiger partial charge is 0.264 e. The van der Waals surface area contributed by atoms with Gasteiger partial charge in [-0.05, 0) is 80.4 Å². The molecule has 0 aromatic heterocycles. The molecule has 0 saturated carbocycles. The van der Waals surface area contributed by atoms with Crippen LogP contribution in [0.4, 0.5) is 11.4 Å². The van der Waals surface area contributed by atoms with Gasteiger partial charge in [-0.2, -0.15) is 4.31 Å². The lowest BCUT2D eigenvalue weighted by molar-refractivity contribution is -0.114. The van der Waals surface area contributed by atoms with Crippen molar-refractivity contribution in [1.29, 1.82) is 0 Å². The van der Waals surface area contributed by atoms with Crippen molar-refractivity contribution in [2.45, 2.75) is 30.6 Å². The minimum atomic E-state index is -4.05. The quantitative estimate of drug-likeness (QED) is 0.454. The van der Waals surface area contributed by atoms with Crippen molar-refractivity contribution in [1.82, 2.24) is 4.31 Å². The molecule has 1 fully saturated rings. The molecule has 1 aliphatic rings. The van der Waals surface area contributed by atoms with Gasteiger partial charge in [0.05, 0.1) is 28.7 Å². The average molecular weight is 558 g/mol. The van der Waals surface area contributed by atoms with Gasteiger partial charge in [0, 0.05) is 18.8 Å². The molecule has 0 atom stereocenters. The Labute approximate surface area is 224 Å². The summed E-state index contributed by atoms with van der Waals surface area (Å²) in [5, 5.41) is 2.69. The SMILES string of the molecule is Cc1ccc(S(=O)(=O)N(CC(=O)Nc2ccc(S(=O)(=O)N3CCOCC3)cc2)c2ccc(C)c(C)c2)cc1. The van der Waals surface area contributed by atoms with Crippen LogP contribution in [0, 0.1) is 20.8 Å². The molecular formula is C27H31N3O6S2. The highest BCUT2D eigenvalue weighted by atomic mass is 32.2. The van der Waals surface area contributed by atoms with Crippen LogP contribution in [0.5, 0.6) is 0 Å². The molecule has 0 aliphatic carbocycles. The third-order valence-electron chi connectivity index (χ3n) is 6.42. The number of nitrogens with zero attached hydrogens (tertiary/aromatic N) is 2. The van der Waals surface area contributed by atoms with E-state index in [9.17, 15) is 21.6 Å². The van der Waals surface area contributed by atoms with E-state index < -0.39 is 32.5 Å². The number of amides is 1. The summed E-state index contributed by atoms with van der Waals surface area (Å²) in [6, 6.07) is 17.5. The Hall–Kier alpha value is -3.25. The highest BCUT2D eigenvalue weighted by Crippen LogP contribution is 2.26. The molecule has 1 heterocycles. The van der Waals surface area contributed by atoms with Crippen LogP contribution in [0.25, 0.3) is 0 Å². The van der Waals surface area contributed by atoms with Crippen LogP contribution in [0.2, 0.25) is 0 Å². The summed E-state index contributed by atoms with van der Waals surface area (Å²) in [6.07, 6.45) is 0. The van der Waals surface area contributed by atoms with Crippen molar-refractivity contribution in [3.63, 3.8) is 0 Å². The van der Waals surface area contributed by atoms with Crippen LogP contribution >= 0.6 is 0 Å². The third kappa shape index (κ3) is 6.07. The molecular weight excluding hydrogens is 526 g/mol. The number of nitrogens with one attached hydrogen (secondary N) is 1. The first-order chi connectivity index (χ1) is 18.0. The van der Waals surface area contributed by atoms with Crippen LogP contribution in [0.3, 0.4) is 0 Å². The molecule has 0 unspecified atom stereocenters. The molecule has 4 rings (SSSR count). The zero-order valence-corrected chi connectivity index (χ0v) is 23.2. The maximum atomic E-state index is 13.6. The summed E-state index contributed by atoms with van der Waals surface area (Å²) in [5.74, 6) is -0.567. The first-order valence-corrected chi connectivity index (χ1v) is 15.0. The van der Waals surface area contributed by atoms with E-state index >= 15 is 0 Å². The van der Waals surface area contributed by atoms with Gasteiger partial charge >= 0.3 is 0 Å². The largest absolute Gasteiger partial charge is 0.379 e. The normalized spacial score (nSPS) is 14.7. The second-order valence-electron chi connectivity index (χ2n) is 9.18. The van der Waals surface area contributed by atoms with Crippen LogP contribution in [-0.2, 0) is 29.6 Å². The lowest BCUT2D eigenvalue weighted by Gasteiger charge is -2.26. The summed E-state index contributed by atoms with van der Waals surface area (Å²) in [5.41, 5.74) is 3.53. The van der Waals surface area contributed by atoms with Crippen LogP contribution in [0.15, 0.2) is 76.5 Å². The zero-order valence-electron chi connectivity index (χ0n) is 21.5. The third-order valence-corrected chi connectivity index (χ3v) is 10.1. The number of hydrogen-bond acceptors (Lipinski definition) is 6. The number of anilines is 2. The fourth-order valence-electron chi connectivity index (χ4n) is 4.01. The van der Waals surface area contributed by atoms with E-state index in [0.717, 1.165) is 21.0 Å². The highest BCUT2D eigenvalue weighted by molar-refractivity contribution is 7.92. The molecule has 1 N–H and O–H groups in total. The lowest BCUT2D eigenvalue weighted by Crippen LogP contribution is -2.40. The van der Waals surface area contributed by atoms with Crippen molar-refractivity contribution in [3.05, 3.63) is 83.4 Å². The number of rotatable bonds is 8. The number of morpholine rings is 1. The molecule has 1 amide bonds. The first kappa shape index (κ1) is 27.8. The fraction of sp³-hybridized carbons (Fsp3) is 0.296. The maximum Gasteiger partial charge on any atom is 0.264 e. The number of carbonyl (C=O) groups is 1. The van der Waals surface area contributed by atoms with Gasteiger partial charge in [-0.3, -0.25) is 9.10 Å². The van der Waals surface area contributed by atoms with Gasteiger partial charge in [-0.25, -0.2) is 16.8 Å². The van der Waals surface area contributed by atoms with Gasteiger partial charge in [-0.1, -0.05) is 23.8 Å². The van der Waals surface area contributed by atoms with E-state index in [1.54, 1.807) is 24.3 Å². The van der Waals surface area contributed by atoms with Crippen LogP contribution < -0.4 is 9.62 Å². The van der Waals surface area contributed by atoms with Crippen molar-refractivity contribution in [3.8, 4) is 0 Å². The van der Waals surface area contributed by atoms with Gasteiger partial charge in [0.25, 0.3) is 10.0 Å². The minimum Gasteiger partial charge on any atom is -0.379 e. The number of carbonyl (C=O) groups excluding carboxylic acids is 1. The van der Waals surface area contributed by atoms with E-state index in [1.165, 1.54) is 40.7 Å². The van der Waals surface area contributed by atoms with Crippen LogP contribution in [0.1, 0.15) is 16.7 Å². The van der Waals surface area contributed by atoms with Crippen molar-refractivity contribution < 1.29 is 26.4 Å². The topological polar surface area (TPSA) is 113 Å². The predicted molar refractivity (Wildman–Crippen MR) is 146 cm³/mol. The van der Waals surface area contributed by atoms with Gasteiger partial charge in [-0.15, -0.1) is 0 Å². The van der Waals surface area contributed by atoms with Crippen LogP contribution in [-0.4, -0.2) is 59.9 Å². The Morgan fingerprint density at radius 1 is 0.842 bits per heavy atom. The molecule has 11 heteroatoms. The Morgan fingerprint density at radius 3 is 2.05 bits per heavy atom. The average Bonchev–Trinajstić information content (AvgIpc) is 2.90. The summed E-state index contributed by atoms with van der Waals surface area (Å²) in [4.78, 5) is 13.2. The Balaban J connectivity index is 1.56. The van der Waals surface area contributed by atoms with Gasteiger partial charge in [0.2, 0.25) is 15.9 Å². The number of aryl methyl sites for hydroxylation is 3. The molecule has 9 nitrogen and oxygen atoms in total. The summed E-state index contributed by atoms with van der Waals surface area (Å²) >= 11 is 0. The van der Waals surface area contributed by atoms with Gasteiger partial charge < -0.3 is 10.1 Å². The number of hydrogen-bond donors (Lipinski definition) is 1. The van der Waals surface area contributed by atoms with E-state index in [2.05, 4.69) is 5.32 Å². The Bertz CT molecular complexity index is 1510. The predicted octanol–water partition coefficient (Wildman–Crippen LogP) is 3.47. The standard InChI is InChI=1S/C27H31N3O6S2/c1-20-4-10-26(11-5-20)38(34,35)30(24-9-6-21(2)22(3)18-24)19-27(31)28-23-7-12-25(13-8-23)37(32,33)29-14-16-36-17-15-29/h4-13,18H,14-17,19H2,1-3H3,(H,28,31). The number of sulfonamides is 2. The van der Waals surface area contributed by atoms with Crippen molar-refractivity contribution >= 4 is 37.3 Å². The molecule has 1 aliphatic heterocycles. The van der Waals surface area contributed by atoms with Gasteiger partial charge in [0.1, 0.15) is 6.54 Å². The fourth-order valence-corrected chi connectivity index (χ4v) is 6.83. The van der Waals surface area contributed by atoms with Crippen molar-refractivity contribution in [2.75, 3.05) is 42.5 Å². The summed E-state index contributed by atoms with van der Waals surface area (Å²) in [7, 11) is -7.72.